The molecule has 1 rings (SSSR count). The van der Waals surface area contributed by atoms with E-state index < -0.39 is 5.60 Å². The van der Waals surface area contributed by atoms with Crippen LogP contribution in [0.5, 0.6) is 0 Å². The van der Waals surface area contributed by atoms with Crippen LogP contribution in [0.2, 0.25) is 0 Å². The van der Waals surface area contributed by atoms with E-state index in [4.69, 9.17) is 0 Å². The summed E-state index contributed by atoms with van der Waals surface area (Å²) >= 11 is 0. The van der Waals surface area contributed by atoms with Gasteiger partial charge in [0.25, 0.3) is 0 Å². The Bertz CT molecular complexity index is 356. The molecular weight excluding hydrogens is 238 g/mol. The van der Waals surface area contributed by atoms with Crippen LogP contribution >= 0.6 is 0 Å². The highest BCUT2D eigenvalue weighted by atomic mass is 16.3. The van der Waals surface area contributed by atoms with Gasteiger partial charge in [-0.25, -0.2) is 0 Å². The van der Waals surface area contributed by atoms with Gasteiger partial charge in [0.05, 0.1) is 17.3 Å². The Hall–Kier alpha value is -0.870. The molecule has 1 unspecified atom stereocenters. The van der Waals surface area contributed by atoms with Crippen molar-refractivity contribution in [3.8, 4) is 0 Å². The van der Waals surface area contributed by atoms with Crippen molar-refractivity contribution < 1.29 is 5.11 Å². The van der Waals surface area contributed by atoms with Crippen molar-refractivity contribution in [1.29, 1.82) is 0 Å². The Balaban J connectivity index is 2.56. The molecule has 0 saturated carbocycles. The molecular formula is C15H29N3O. The molecule has 4 heteroatoms. The molecule has 1 heterocycles. The minimum Gasteiger partial charge on any atom is -0.390 e. The van der Waals surface area contributed by atoms with Crippen LogP contribution in [0.15, 0.2) is 12.3 Å². The first kappa shape index (κ1) is 16.2. The van der Waals surface area contributed by atoms with Gasteiger partial charge in [0, 0.05) is 12.6 Å². The number of aromatic nitrogens is 2. The molecule has 4 nitrogen and oxygen atoms in total. The van der Waals surface area contributed by atoms with Crippen LogP contribution in [0.1, 0.15) is 58.7 Å². The van der Waals surface area contributed by atoms with Crippen molar-refractivity contribution >= 4 is 0 Å². The molecule has 0 aliphatic rings. The zero-order valence-electron chi connectivity index (χ0n) is 12.8. The quantitative estimate of drug-likeness (QED) is 0.676. The molecule has 0 bridgehead atoms. The fourth-order valence-corrected chi connectivity index (χ4v) is 2.35. The molecule has 19 heavy (non-hydrogen) atoms. The lowest BCUT2D eigenvalue weighted by Crippen LogP contribution is -2.32. The fraction of sp³-hybridized carbons (Fsp3) is 0.800. The Morgan fingerprint density at radius 3 is 2.63 bits per heavy atom. The third-order valence-electron chi connectivity index (χ3n) is 3.63. The van der Waals surface area contributed by atoms with E-state index in [1.165, 1.54) is 0 Å². The van der Waals surface area contributed by atoms with E-state index in [-0.39, 0.29) is 0 Å². The van der Waals surface area contributed by atoms with Crippen LogP contribution < -0.4 is 5.32 Å². The summed E-state index contributed by atoms with van der Waals surface area (Å²) in [5, 5.41) is 18.2. The minimum atomic E-state index is -0.685. The van der Waals surface area contributed by atoms with E-state index in [0.29, 0.717) is 12.5 Å². The van der Waals surface area contributed by atoms with Gasteiger partial charge in [0.2, 0.25) is 0 Å². The standard InChI is InChI=1S/C15H29N3O/c1-5-14(6-2)18-11-8-13(17-18)12-15(4,19)9-10-16-7-3/h8,11,14,16,19H,5-7,9-10,12H2,1-4H3. The van der Waals surface area contributed by atoms with E-state index in [2.05, 4.69) is 31.2 Å². The molecule has 0 radical (unpaired) electrons. The Labute approximate surface area is 117 Å². The van der Waals surface area contributed by atoms with Gasteiger partial charge >= 0.3 is 0 Å². The number of rotatable bonds is 9. The smallest absolute Gasteiger partial charge is 0.0687 e. The van der Waals surface area contributed by atoms with E-state index in [0.717, 1.165) is 38.0 Å². The summed E-state index contributed by atoms with van der Waals surface area (Å²) in [5.74, 6) is 0. The molecule has 1 atom stereocenters. The van der Waals surface area contributed by atoms with Gasteiger partial charge in [-0.05, 0) is 45.3 Å². The maximum atomic E-state index is 10.4. The molecule has 0 spiro atoms. The van der Waals surface area contributed by atoms with Gasteiger partial charge in [0.1, 0.15) is 0 Å². The first-order chi connectivity index (χ1) is 9.02. The zero-order chi connectivity index (χ0) is 14.3. The van der Waals surface area contributed by atoms with Crippen LogP contribution in [-0.2, 0) is 6.42 Å². The topological polar surface area (TPSA) is 50.1 Å². The van der Waals surface area contributed by atoms with Crippen molar-refractivity contribution in [2.24, 2.45) is 0 Å². The van der Waals surface area contributed by atoms with Crippen molar-refractivity contribution in [2.45, 2.75) is 65.0 Å². The van der Waals surface area contributed by atoms with E-state index >= 15 is 0 Å². The predicted molar refractivity (Wildman–Crippen MR) is 79.3 cm³/mol. The van der Waals surface area contributed by atoms with Crippen LogP contribution in [0, 0.1) is 0 Å². The first-order valence-electron chi connectivity index (χ1n) is 7.49. The number of hydrogen-bond acceptors (Lipinski definition) is 3. The fourth-order valence-electron chi connectivity index (χ4n) is 2.35. The molecule has 110 valence electrons. The van der Waals surface area contributed by atoms with Crippen molar-refractivity contribution in [1.82, 2.24) is 15.1 Å². The maximum absolute atomic E-state index is 10.4. The summed E-state index contributed by atoms with van der Waals surface area (Å²) in [6.07, 6.45) is 5.58. The van der Waals surface area contributed by atoms with Crippen LogP contribution in [0.25, 0.3) is 0 Å². The summed E-state index contributed by atoms with van der Waals surface area (Å²) in [6.45, 7) is 10.1. The molecule has 0 saturated heterocycles. The monoisotopic (exact) mass is 267 g/mol. The normalized spacial score (nSPS) is 14.8. The summed E-state index contributed by atoms with van der Waals surface area (Å²) in [7, 11) is 0. The average Bonchev–Trinajstić information content (AvgIpc) is 2.78. The third-order valence-corrected chi connectivity index (χ3v) is 3.63. The largest absolute Gasteiger partial charge is 0.390 e. The van der Waals surface area contributed by atoms with E-state index in [1.807, 2.05) is 23.9 Å². The second kappa shape index (κ2) is 7.65. The van der Waals surface area contributed by atoms with Gasteiger partial charge in [-0.15, -0.1) is 0 Å². The summed E-state index contributed by atoms with van der Waals surface area (Å²) in [4.78, 5) is 0. The first-order valence-corrected chi connectivity index (χ1v) is 7.49. The molecule has 1 aromatic heterocycles. The molecule has 2 N–H and O–H groups in total. The van der Waals surface area contributed by atoms with Gasteiger partial charge in [0.15, 0.2) is 0 Å². The molecule has 0 fully saturated rings. The molecule has 1 aromatic rings. The zero-order valence-corrected chi connectivity index (χ0v) is 12.8. The second-order valence-electron chi connectivity index (χ2n) is 5.53. The highest BCUT2D eigenvalue weighted by Gasteiger charge is 2.22. The SMILES string of the molecule is CCNCCC(C)(O)Cc1ccn(C(CC)CC)n1. The van der Waals surface area contributed by atoms with Crippen LogP contribution in [-0.4, -0.2) is 33.6 Å². The minimum absolute atomic E-state index is 0.473. The Morgan fingerprint density at radius 1 is 1.37 bits per heavy atom. The number of nitrogens with zero attached hydrogens (tertiary/aromatic N) is 2. The van der Waals surface area contributed by atoms with Gasteiger partial charge in [-0.3, -0.25) is 4.68 Å². The lowest BCUT2D eigenvalue weighted by molar-refractivity contribution is 0.0505. The van der Waals surface area contributed by atoms with Crippen LogP contribution in [0.3, 0.4) is 0 Å². The van der Waals surface area contributed by atoms with Gasteiger partial charge < -0.3 is 10.4 Å². The highest BCUT2D eigenvalue weighted by Crippen LogP contribution is 2.18. The average molecular weight is 267 g/mol. The predicted octanol–water partition coefficient (Wildman–Crippen LogP) is 2.54. The molecule has 0 aromatic carbocycles. The number of nitrogens with one attached hydrogen (secondary N) is 1. The second-order valence-corrected chi connectivity index (χ2v) is 5.53. The van der Waals surface area contributed by atoms with E-state index in [9.17, 15) is 5.11 Å². The Morgan fingerprint density at radius 2 is 2.05 bits per heavy atom. The molecule has 0 aliphatic heterocycles. The van der Waals surface area contributed by atoms with Crippen molar-refractivity contribution in [3.63, 3.8) is 0 Å². The molecule has 0 aliphatic carbocycles. The summed E-state index contributed by atoms with van der Waals surface area (Å²) < 4.78 is 2.04. The highest BCUT2D eigenvalue weighted by molar-refractivity contribution is 5.04. The number of aliphatic hydroxyl groups is 1. The lowest BCUT2D eigenvalue weighted by Gasteiger charge is -2.22. The Kier molecular flexibility index (Phi) is 6.52. The van der Waals surface area contributed by atoms with E-state index in [1.54, 1.807) is 0 Å². The van der Waals surface area contributed by atoms with Crippen LogP contribution in [0.4, 0.5) is 0 Å². The van der Waals surface area contributed by atoms with Crippen molar-refractivity contribution in [2.75, 3.05) is 13.1 Å². The van der Waals surface area contributed by atoms with Gasteiger partial charge in [-0.2, -0.15) is 5.10 Å². The third kappa shape index (κ3) is 5.33. The molecule has 0 amide bonds. The van der Waals surface area contributed by atoms with Crippen molar-refractivity contribution in [3.05, 3.63) is 18.0 Å². The lowest BCUT2D eigenvalue weighted by atomic mass is 9.96. The summed E-state index contributed by atoms with van der Waals surface area (Å²) in [5.41, 5.74) is 0.295. The number of hydrogen-bond donors (Lipinski definition) is 2. The maximum Gasteiger partial charge on any atom is 0.0687 e. The summed E-state index contributed by atoms with van der Waals surface area (Å²) in [6, 6.07) is 2.50. The van der Waals surface area contributed by atoms with Gasteiger partial charge in [-0.1, -0.05) is 20.8 Å².